The zero-order valence-electron chi connectivity index (χ0n) is 15.4. The molecule has 11 heteroatoms. The highest BCUT2D eigenvalue weighted by Crippen LogP contribution is 2.35. The van der Waals surface area contributed by atoms with Crippen LogP contribution in [0, 0.1) is 0 Å². The number of anilines is 1. The minimum atomic E-state index is -4.45. The summed E-state index contributed by atoms with van der Waals surface area (Å²) in [5, 5.41) is 31.9. The topological polar surface area (TPSA) is 127 Å². The van der Waals surface area contributed by atoms with Crippen LogP contribution >= 0.6 is 0 Å². The van der Waals surface area contributed by atoms with E-state index in [0.717, 1.165) is 12.1 Å². The molecule has 1 unspecified atom stereocenters. The van der Waals surface area contributed by atoms with Crippen LogP contribution in [-0.4, -0.2) is 54.3 Å². The Bertz CT molecular complexity index is 1040. The Kier molecular flexibility index (Phi) is 5.14. The molecule has 0 saturated carbocycles. The molecule has 5 atom stereocenters. The van der Waals surface area contributed by atoms with Crippen LogP contribution < -0.4 is 5.73 Å². The van der Waals surface area contributed by atoms with E-state index in [1.165, 1.54) is 23.0 Å². The van der Waals surface area contributed by atoms with E-state index in [0.29, 0.717) is 16.6 Å². The average Bonchev–Trinajstić information content (AvgIpc) is 3.24. The van der Waals surface area contributed by atoms with Gasteiger partial charge in [-0.05, 0) is 23.8 Å². The molecular formula is C19H19F3N4O4. The van der Waals surface area contributed by atoms with Gasteiger partial charge >= 0.3 is 6.18 Å². The van der Waals surface area contributed by atoms with Crippen molar-refractivity contribution < 1.29 is 33.2 Å². The number of hydrogen-bond acceptors (Lipinski definition) is 7. The molecule has 1 fully saturated rings. The van der Waals surface area contributed by atoms with E-state index in [1.807, 2.05) is 0 Å². The minimum Gasteiger partial charge on any atom is -0.390 e. The average molecular weight is 424 g/mol. The molecule has 8 nitrogen and oxygen atoms in total. The van der Waals surface area contributed by atoms with Crippen LogP contribution in [0.4, 0.5) is 19.0 Å². The number of nitrogens with zero attached hydrogens (tertiary/aromatic N) is 3. The van der Waals surface area contributed by atoms with Crippen molar-refractivity contribution in [3.8, 4) is 0 Å². The molecule has 2 aromatic heterocycles. The van der Waals surface area contributed by atoms with Gasteiger partial charge in [-0.1, -0.05) is 12.1 Å². The maximum Gasteiger partial charge on any atom is 0.416 e. The van der Waals surface area contributed by atoms with Crippen LogP contribution in [0.3, 0.4) is 0 Å². The first-order valence-corrected chi connectivity index (χ1v) is 9.09. The molecule has 1 aromatic carbocycles. The molecule has 1 aliphatic heterocycles. The molecule has 30 heavy (non-hydrogen) atoms. The number of aliphatic hydroxyl groups is 3. The summed E-state index contributed by atoms with van der Waals surface area (Å²) in [6.45, 7) is 0. The van der Waals surface area contributed by atoms with Gasteiger partial charge in [0.15, 0.2) is 6.23 Å². The lowest BCUT2D eigenvalue weighted by molar-refractivity contribution is -0.137. The lowest BCUT2D eigenvalue weighted by Crippen LogP contribution is -2.39. The number of rotatable bonds is 4. The monoisotopic (exact) mass is 424 g/mol. The lowest BCUT2D eigenvalue weighted by atomic mass is 9.98. The third-order valence-electron chi connectivity index (χ3n) is 5.19. The number of nitrogens with two attached hydrogens (primary N) is 1. The summed E-state index contributed by atoms with van der Waals surface area (Å²) >= 11 is 0. The fraction of sp³-hybridized carbons (Fsp3) is 0.368. The number of nitrogen functional groups attached to an aromatic ring is 1. The Hall–Kier alpha value is -2.73. The van der Waals surface area contributed by atoms with Crippen molar-refractivity contribution in [3.63, 3.8) is 0 Å². The third-order valence-corrected chi connectivity index (χ3v) is 5.19. The first kappa shape index (κ1) is 20.5. The molecule has 1 aliphatic rings. The summed E-state index contributed by atoms with van der Waals surface area (Å²) < 4.78 is 45.3. The van der Waals surface area contributed by atoms with Gasteiger partial charge in [0.1, 0.15) is 36.1 Å². The highest BCUT2D eigenvalue weighted by atomic mass is 19.4. The molecule has 0 spiro atoms. The van der Waals surface area contributed by atoms with Gasteiger partial charge in [-0.3, -0.25) is 0 Å². The van der Waals surface area contributed by atoms with Crippen LogP contribution in [0.5, 0.6) is 0 Å². The van der Waals surface area contributed by atoms with Crippen molar-refractivity contribution in [1.29, 1.82) is 0 Å². The molecule has 0 bridgehead atoms. The zero-order valence-corrected chi connectivity index (χ0v) is 15.4. The number of ether oxygens (including phenoxy) is 1. The number of hydrogen-bond donors (Lipinski definition) is 4. The molecule has 0 amide bonds. The Balaban J connectivity index is 1.52. The molecule has 5 N–H and O–H groups in total. The van der Waals surface area contributed by atoms with E-state index >= 15 is 0 Å². The van der Waals surface area contributed by atoms with Crippen molar-refractivity contribution in [2.24, 2.45) is 0 Å². The van der Waals surface area contributed by atoms with E-state index < -0.39 is 42.4 Å². The van der Waals surface area contributed by atoms with Gasteiger partial charge in [0.25, 0.3) is 0 Å². The lowest BCUT2D eigenvalue weighted by Gasteiger charge is -2.21. The standard InChI is InChI=1S/C19H19F3N4O4/c20-19(21,22)10-3-1-9(2-4-10)7-12(27)15-13(28)14(29)18(30-15)26-6-5-11-16(23)24-8-25-17(11)26/h1-6,8,12-15,18,27-29H,7H2,(H2,23,24,25)/t12?,13-,14+,15-,18+/m0/s1. The van der Waals surface area contributed by atoms with Crippen LogP contribution in [-0.2, 0) is 17.3 Å². The Morgan fingerprint density at radius 2 is 1.80 bits per heavy atom. The molecule has 160 valence electrons. The summed E-state index contributed by atoms with van der Waals surface area (Å²) in [5.74, 6) is 0.241. The van der Waals surface area contributed by atoms with Crippen molar-refractivity contribution in [2.45, 2.75) is 43.2 Å². The molecule has 3 heterocycles. The van der Waals surface area contributed by atoms with Crippen LogP contribution in [0.2, 0.25) is 0 Å². The number of fused-ring (bicyclic) bond motifs is 1. The Labute approximate surface area is 168 Å². The van der Waals surface area contributed by atoms with Crippen molar-refractivity contribution in [3.05, 3.63) is 54.0 Å². The van der Waals surface area contributed by atoms with Crippen LogP contribution in [0.1, 0.15) is 17.4 Å². The van der Waals surface area contributed by atoms with Crippen molar-refractivity contribution >= 4 is 16.9 Å². The van der Waals surface area contributed by atoms with E-state index in [9.17, 15) is 28.5 Å². The molecular weight excluding hydrogens is 405 g/mol. The summed E-state index contributed by atoms with van der Waals surface area (Å²) in [6, 6.07) is 5.98. The van der Waals surface area contributed by atoms with Crippen molar-refractivity contribution in [2.75, 3.05) is 5.73 Å². The molecule has 0 radical (unpaired) electrons. The fourth-order valence-electron chi connectivity index (χ4n) is 3.62. The summed E-state index contributed by atoms with van der Waals surface area (Å²) in [5.41, 5.74) is 5.82. The molecule has 0 aliphatic carbocycles. The second-order valence-corrected chi connectivity index (χ2v) is 7.16. The van der Waals surface area contributed by atoms with Crippen molar-refractivity contribution in [1.82, 2.24) is 14.5 Å². The van der Waals surface area contributed by atoms with Gasteiger partial charge in [0, 0.05) is 12.6 Å². The second-order valence-electron chi connectivity index (χ2n) is 7.16. The van der Waals surface area contributed by atoms with Gasteiger partial charge in [0.2, 0.25) is 0 Å². The first-order valence-electron chi connectivity index (χ1n) is 9.09. The highest BCUT2D eigenvalue weighted by Gasteiger charge is 2.47. The SMILES string of the molecule is Nc1ncnc2c1ccn2[C@@H]1O[C@@H](C(O)Cc2ccc(C(F)(F)F)cc2)[C@@H](O)[C@H]1O. The van der Waals surface area contributed by atoms with Crippen LogP contribution in [0.15, 0.2) is 42.9 Å². The number of aliphatic hydroxyl groups excluding tert-OH is 3. The van der Waals surface area contributed by atoms with E-state index in [1.54, 1.807) is 12.3 Å². The highest BCUT2D eigenvalue weighted by molar-refractivity contribution is 5.86. The summed E-state index contributed by atoms with van der Waals surface area (Å²) in [7, 11) is 0. The molecule has 3 aromatic rings. The second kappa shape index (κ2) is 7.51. The first-order chi connectivity index (χ1) is 14.2. The van der Waals surface area contributed by atoms with E-state index in [4.69, 9.17) is 10.5 Å². The van der Waals surface area contributed by atoms with E-state index in [2.05, 4.69) is 9.97 Å². The smallest absolute Gasteiger partial charge is 0.390 e. The normalized spacial score (nSPS) is 25.7. The van der Waals surface area contributed by atoms with Gasteiger partial charge in [-0.25, -0.2) is 9.97 Å². The fourth-order valence-corrected chi connectivity index (χ4v) is 3.62. The maximum atomic E-state index is 12.7. The van der Waals surface area contributed by atoms with Gasteiger partial charge in [0.05, 0.1) is 17.1 Å². The molecule has 4 rings (SSSR count). The number of alkyl halides is 3. The maximum absolute atomic E-state index is 12.7. The predicted molar refractivity (Wildman–Crippen MR) is 99.0 cm³/mol. The van der Waals surface area contributed by atoms with E-state index in [-0.39, 0.29) is 12.2 Å². The third kappa shape index (κ3) is 3.60. The number of benzene rings is 1. The largest absolute Gasteiger partial charge is 0.416 e. The number of halogens is 3. The predicted octanol–water partition coefficient (Wildman–Crippen LogP) is 1.26. The van der Waals surface area contributed by atoms with Gasteiger partial charge in [-0.15, -0.1) is 0 Å². The number of aromatic nitrogens is 3. The Morgan fingerprint density at radius 1 is 1.10 bits per heavy atom. The molecule has 1 saturated heterocycles. The summed E-state index contributed by atoms with van der Waals surface area (Å²) in [6.07, 6.45) is -7.96. The van der Waals surface area contributed by atoms with Crippen LogP contribution in [0.25, 0.3) is 11.0 Å². The Morgan fingerprint density at radius 3 is 2.47 bits per heavy atom. The van der Waals surface area contributed by atoms with Gasteiger partial charge in [-0.2, -0.15) is 13.2 Å². The summed E-state index contributed by atoms with van der Waals surface area (Å²) in [4.78, 5) is 8.00. The zero-order chi connectivity index (χ0) is 21.6. The quantitative estimate of drug-likeness (QED) is 0.497. The van der Waals surface area contributed by atoms with Gasteiger partial charge < -0.3 is 30.4 Å². The minimum absolute atomic E-state index is 0.0686.